The Kier molecular flexibility index (Phi) is 7.40. The highest BCUT2D eigenvalue weighted by molar-refractivity contribution is 5.47. The number of aryl methyl sites for hydroxylation is 1. The molecule has 8 nitrogen and oxygen atoms in total. The highest BCUT2D eigenvalue weighted by Gasteiger charge is 2.46. The number of aromatic nitrogens is 2. The normalized spacial score (nSPS) is 21.4. The SMILES string of the molecule is Cc1cn([C@@H]2O[C@H](COC(c3ccccc3)(c3ccccc3)c3ccccc3)[C@@H](CN)[C@H]2O)c(=O)[nH]c1=O. The topological polar surface area (TPSA) is 120 Å². The minimum atomic E-state index is -1.07. The van der Waals surface area contributed by atoms with E-state index in [0.29, 0.717) is 5.56 Å². The Hall–Kier alpha value is -3.82. The minimum absolute atomic E-state index is 0.0885. The van der Waals surface area contributed by atoms with Gasteiger partial charge in [-0.25, -0.2) is 4.79 Å². The van der Waals surface area contributed by atoms with E-state index in [1.807, 2.05) is 91.0 Å². The molecule has 1 aliphatic heterocycles. The van der Waals surface area contributed by atoms with E-state index >= 15 is 0 Å². The Labute approximate surface area is 220 Å². The van der Waals surface area contributed by atoms with Gasteiger partial charge in [0.25, 0.3) is 5.56 Å². The van der Waals surface area contributed by atoms with Gasteiger partial charge in [0.2, 0.25) is 0 Å². The molecular weight excluding hydrogens is 482 g/mol. The number of ether oxygens (including phenoxy) is 2. The van der Waals surface area contributed by atoms with E-state index in [-0.39, 0.29) is 13.2 Å². The third-order valence-electron chi connectivity index (χ3n) is 7.22. The summed E-state index contributed by atoms with van der Waals surface area (Å²) in [4.78, 5) is 26.7. The van der Waals surface area contributed by atoms with Gasteiger partial charge in [0, 0.05) is 24.2 Å². The number of aliphatic hydroxyl groups excluding tert-OH is 1. The lowest BCUT2D eigenvalue weighted by Gasteiger charge is -2.37. The molecule has 38 heavy (non-hydrogen) atoms. The summed E-state index contributed by atoms with van der Waals surface area (Å²) in [6.07, 6.45) is -1.31. The molecular formula is C30H31N3O5. The summed E-state index contributed by atoms with van der Waals surface area (Å²) in [5.74, 6) is -0.501. The molecule has 4 aromatic rings. The van der Waals surface area contributed by atoms with Crippen molar-refractivity contribution in [3.8, 4) is 0 Å². The summed E-state index contributed by atoms with van der Waals surface area (Å²) in [6, 6.07) is 29.8. The van der Waals surface area contributed by atoms with Crippen molar-refractivity contribution in [1.82, 2.24) is 9.55 Å². The maximum atomic E-state index is 12.6. The molecule has 196 valence electrons. The number of aliphatic hydroxyl groups is 1. The number of nitrogens with zero attached hydrogens (tertiary/aromatic N) is 1. The van der Waals surface area contributed by atoms with Crippen molar-refractivity contribution in [2.45, 2.75) is 31.0 Å². The molecule has 0 spiro atoms. The van der Waals surface area contributed by atoms with Gasteiger partial charge in [0.15, 0.2) is 6.23 Å². The molecule has 5 rings (SSSR count). The van der Waals surface area contributed by atoms with Gasteiger partial charge in [-0.3, -0.25) is 14.3 Å². The van der Waals surface area contributed by atoms with Crippen molar-refractivity contribution in [3.63, 3.8) is 0 Å². The van der Waals surface area contributed by atoms with Crippen LogP contribution in [0.25, 0.3) is 0 Å². The van der Waals surface area contributed by atoms with Gasteiger partial charge in [0.05, 0.1) is 12.7 Å². The smallest absolute Gasteiger partial charge is 0.330 e. The molecule has 1 aromatic heterocycles. The van der Waals surface area contributed by atoms with E-state index < -0.39 is 41.2 Å². The lowest BCUT2D eigenvalue weighted by Crippen LogP contribution is -2.40. The molecule has 0 amide bonds. The van der Waals surface area contributed by atoms with Crippen LogP contribution in [0.15, 0.2) is 107 Å². The van der Waals surface area contributed by atoms with Crippen molar-refractivity contribution in [2.75, 3.05) is 13.2 Å². The first kappa shape index (κ1) is 25.8. The molecule has 0 aliphatic carbocycles. The second-order valence-corrected chi connectivity index (χ2v) is 9.52. The molecule has 4 N–H and O–H groups in total. The Bertz CT molecular complexity index is 1370. The van der Waals surface area contributed by atoms with E-state index in [4.69, 9.17) is 15.2 Å². The van der Waals surface area contributed by atoms with Crippen LogP contribution in [0.2, 0.25) is 0 Å². The maximum absolute atomic E-state index is 12.6. The van der Waals surface area contributed by atoms with E-state index in [1.165, 1.54) is 10.8 Å². The van der Waals surface area contributed by atoms with E-state index in [0.717, 1.165) is 16.7 Å². The predicted octanol–water partition coefficient (Wildman–Crippen LogP) is 2.69. The summed E-state index contributed by atoms with van der Waals surface area (Å²) in [5, 5.41) is 11.1. The van der Waals surface area contributed by atoms with Crippen LogP contribution in [0.3, 0.4) is 0 Å². The van der Waals surface area contributed by atoms with Gasteiger partial charge in [-0.1, -0.05) is 91.0 Å². The van der Waals surface area contributed by atoms with E-state index in [1.54, 1.807) is 6.92 Å². The average Bonchev–Trinajstić information content (AvgIpc) is 3.27. The van der Waals surface area contributed by atoms with E-state index in [9.17, 15) is 14.7 Å². The van der Waals surface area contributed by atoms with Crippen molar-refractivity contribution in [3.05, 3.63) is 140 Å². The van der Waals surface area contributed by atoms with Crippen molar-refractivity contribution < 1.29 is 14.6 Å². The Morgan fingerprint density at radius 3 is 1.89 bits per heavy atom. The van der Waals surface area contributed by atoms with Crippen LogP contribution < -0.4 is 17.0 Å². The first-order valence-electron chi connectivity index (χ1n) is 12.6. The van der Waals surface area contributed by atoms with Crippen LogP contribution in [-0.2, 0) is 15.1 Å². The van der Waals surface area contributed by atoms with Crippen LogP contribution in [0.5, 0.6) is 0 Å². The van der Waals surface area contributed by atoms with Crippen LogP contribution in [0.4, 0.5) is 0 Å². The summed E-state index contributed by atoms with van der Waals surface area (Å²) < 4.78 is 14.3. The standard InChI is InChI=1S/C30H31N3O5/c1-20-18-33(29(36)32-27(20)35)28-26(34)24(17-31)25(38-28)19-37-30(21-11-5-2-6-12-21,22-13-7-3-8-14-22)23-15-9-4-10-16-23/h2-16,18,24-26,28,34H,17,19,31H2,1H3,(H,32,35,36)/t24-,25-,26-,28-/m1/s1. The molecule has 0 bridgehead atoms. The van der Waals surface area contributed by atoms with Crippen molar-refractivity contribution in [1.29, 1.82) is 0 Å². The number of H-pyrrole nitrogens is 1. The van der Waals surface area contributed by atoms with Crippen LogP contribution in [-0.4, -0.2) is 40.0 Å². The van der Waals surface area contributed by atoms with E-state index in [2.05, 4.69) is 4.98 Å². The molecule has 1 aliphatic rings. The first-order valence-corrected chi connectivity index (χ1v) is 12.6. The van der Waals surface area contributed by atoms with Gasteiger partial charge in [-0.2, -0.15) is 0 Å². The molecule has 0 unspecified atom stereocenters. The van der Waals surface area contributed by atoms with Crippen LogP contribution in [0.1, 0.15) is 28.5 Å². The fraction of sp³-hybridized carbons (Fsp3) is 0.267. The van der Waals surface area contributed by atoms with Crippen LogP contribution in [0, 0.1) is 12.8 Å². The largest absolute Gasteiger partial charge is 0.388 e. The molecule has 3 aromatic carbocycles. The third kappa shape index (κ3) is 4.63. The lowest BCUT2D eigenvalue weighted by atomic mass is 9.80. The number of nitrogens with one attached hydrogen (secondary N) is 1. The van der Waals surface area contributed by atoms with Gasteiger partial charge in [-0.05, 0) is 23.6 Å². The quantitative estimate of drug-likeness (QED) is 0.312. The number of nitrogens with two attached hydrogens (primary N) is 1. The molecule has 4 atom stereocenters. The zero-order valence-electron chi connectivity index (χ0n) is 21.1. The minimum Gasteiger partial charge on any atom is -0.388 e. The molecule has 1 fully saturated rings. The second kappa shape index (κ2) is 10.9. The summed E-state index contributed by atoms with van der Waals surface area (Å²) >= 11 is 0. The second-order valence-electron chi connectivity index (χ2n) is 9.52. The fourth-order valence-electron chi connectivity index (χ4n) is 5.23. The average molecular weight is 514 g/mol. The molecule has 0 radical (unpaired) electrons. The van der Waals surface area contributed by atoms with Crippen LogP contribution >= 0.6 is 0 Å². The monoisotopic (exact) mass is 513 g/mol. The molecule has 1 saturated heterocycles. The zero-order chi connectivity index (χ0) is 26.7. The summed E-state index contributed by atoms with van der Waals surface area (Å²) in [7, 11) is 0. The number of hydrogen-bond acceptors (Lipinski definition) is 6. The predicted molar refractivity (Wildman–Crippen MR) is 144 cm³/mol. The summed E-state index contributed by atoms with van der Waals surface area (Å²) in [6.45, 7) is 1.80. The Morgan fingerprint density at radius 2 is 1.42 bits per heavy atom. The highest BCUT2D eigenvalue weighted by Crippen LogP contribution is 2.42. The first-order chi connectivity index (χ1) is 18.5. The van der Waals surface area contributed by atoms with Crippen molar-refractivity contribution >= 4 is 0 Å². The Balaban J connectivity index is 1.54. The van der Waals surface area contributed by atoms with Gasteiger partial charge in [0.1, 0.15) is 11.7 Å². The molecule has 8 heteroatoms. The van der Waals surface area contributed by atoms with Gasteiger partial charge >= 0.3 is 5.69 Å². The van der Waals surface area contributed by atoms with Gasteiger partial charge < -0.3 is 20.3 Å². The van der Waals surface area contributed by atoms with Crippen molar-refractivity contribution in [2.24, 2.45) is 11.7 Å². The maximum Gasteiger partial charge on any atom is 0.330 e. The molecule has 0 saturated carbocycles. The summed E-state index contributed by atoms with van der Waals surface area (Å²) in [5.41, 5.74) is 7.11. The Morgan fingerprint density at radius 1 is 0.921 bits per heavy atom. The number of hydrogen-bond donors (Lipinski definition) is 3. The molecule has 2 heterocycles. The van der Waals surface area contributed by atoms with Gasteiger partial charge in [-0.15, -0.1) is 0 Å². The fourth-order valence-corrected chi connectivity index (χ4v) is 5.23. The highest BCUT2D eigenvalue weighted by atomic mass is 16.6. The number of benzene rings is 3. The lowest BCUT2D eigenvalue weighted by molar-refractivity contribution is -0.0902. The number of rotatable bonds is 8. The zero-order valence-corrected chi connectivity index (χ0v) is 21.1. The third-order valence-corrected chi connectivity index (χ3v) is 7.22. The number of aromatic amines is 1.